The van der Waals surface area contributed by atoms with Crippen LogP contribution in [-0.2, 0) is 10.0 Å². The summed E-state index contributed by atoms with van der Waals surface area (Å²) in [5, 5.41) is 0. The molecule has 0 unspecified atom stereocenters. The predicted octanol–water partition coefficient (Wildman–Crippen LogP) is 2.28. The number of nitrogens with one attached hydrogen (secondary N) is 1. The summed E-state index contributed by atoms with van der Waals surface area (Å²) in [5.74, 6) is 0.352. The molecule has 0 aromatic heterocycles. The summed E-state index contributed by atoms with van der Waals surface area (Å²) in [5.41, 5.74) is 6.12. The zero-order chi connectivity index (χ0) is 14.6. The normalized spacial score (nSPS) is 17.1. The summed E-state index contributed by atoms with van der Waals surface area (Å²) in [6.07, 6.45) is 5.11. The summed E-state index contributed by atoms with van der Waals surface area (Å²) >= 11 is 0. The predicted molar refractivity (Wildman–Crippen MR) is 79.2 cm³/mol. The van der Waals surface area contributed by atoms with E-state index in [1.54, 1.807) is 12.1 Å². The molecule has 0 radical (unpaired) electrons. The van der Waals surface area contributed by atoms with E-state index in [9.17, 15) is 8.42 Å². The Morgan fingerprint density at radius 2 is 2.00 bits per heavy atom. The molecule has 112 valence electrons. The minimum Gasteiger partial charge on any atom is -0.492 e. The molecule has 0 spiro atoms. The number of nitrogen functional groups attached to an aromatic ring is 1. The third kappa shape index (κ3) is 3.64. The number of sulfonamides is 1. The van der Waals surface area contributed by atoms with E-state index in [-0.39, 0.29) is 10.9 Å². The first-order valence-electron chi connectivity index (χ1n) is 7.07. The molecule has 0 atom stereocenters. The van der Waals surface area contributed by atoms with Gasteiger partial charge in [0.1, 0.15) is 10.6 Å². The molecule has 5 nitrogen and oxygen atoms in total. The lowest BCUT2D eigenvalue weighted by molar-refractivity contribution is 0.330. The molecule has 20 heavy (non-hydrogen) atoms. The molecule has 2 rings (SSSR count). The van der Waals surface area contributed by atoms with Crippen molar-refractivity contribution in [3.8, 4) is 5.75 Å². The van der Waals surface area contributed by atoms with Gasteiger partial charge in [-0.3, -0.25) is 0 Å². The minimum atomic E-state index is -3.59. The van der Waals surface area contributed by atoms with Gasteiger partial charge in [-0.2, -0.15) is 0 Å². The lowest BCUT2D eigenvalue weighted by atomic mass is 9.96. The van der Waals surface area contributed by atoms with Gasteiger partial charge in [0.05, 0.1) is 6.61 Å². The maximum atomic E-state index is 12.5. The Labute approximate surface area is 120 Å². The van der Waals surface area contributed by atoms with Gasteiger partial charge in [-0.1, -0.05) is 19.3 Å². The molecule has 1 aliphatic carbocycles. The molecule has 0 aliphatic heterocycles. The highest BCUT2D eigenvalue weighted by Crippen LogP contribution is 2.27. The van der Waals surface area contributed by atoms with Gasteiger partial charge in [0, 0.05) is 11.7 Å². The minimum absolute atomic E-state index is 0.0182. The summed E-state index contributed by atoms with van der Waals surface area (Å²) < 4.78 is 33.2. The number of ether oxygens (including phenoxy) is 1. The van der Waals surface area contributed by atoms with Crippen LogP contribution in [0.4, 0.5) is 5.69 Å². The molecular formula is C14H22N2O3S. The number of rotatable bonds is 5. The monoisotopic (exact) mass is 298 g/mol. The van der Waals surface area contributed by atoms with Crippen molar-refractivity contribution in [1.29, 1.82) is 0 Å². The highest BCUT2D eigenvalue weighted by Gasteiger charge is 2.25. The number of anilines is 1. The Balaban J connectivity index is 2.25. The third-order valence-corrected chi connectivity index (χ3v) is 5.03. The van der Waals surface area contributed by atoms with Gasteiger partial charge < -0.3 is 10.5 Å². The number of hydrogen-bond acceptors (Lipinski definition) is 4. The SMILES string of the molecule is CCOc1ccc(N)cc1S(=O)(=O)NC1CCCCC1. The smallest absolute Gasteiger partial charge is 0.244 e. The van der Waals surface area contributed by atoms with Crippen LogP contribution >= 0.6 is 0 Å². The summed E-state index contributed by atoms with van der Waals surface area (Å²) in [6, 6.07) is 4.72. The summed E-state index contributed by atoms with van der Waals surface area (Å²) in [4.78, 5) is 0.130. The molecule has 0 bridgehead atoms. The lowest BCUT2D eigenvalue weighted by Crippen LogP contribution is -2.36. The first kappa shape index (κ1) is 15.1. The van der Waals surface area contributed by atoms with Gasteiger partial charge in [-0.05, 0) is 38.0 Å². The Morgan fingerprint density at radius 1 is 1.30 bits per heavy atom. The van der Waals surface area contributed by atoms with Crippen LogP contribution < -0.4 is 15.2 Å². The molecule has 1 fully saturated rings. The highest BCUT2D eigenvalue weighted by atomic mass is 32.2. The zero-order valence-electron chi connectivity index (χ0n) is 11.8. The van der Waals surface area contributed by atoms with Crippen molar-refractivity contribution in [3.05, 3.63) is 18.2 Å². The van der Waals surface area contributed by atoms with Crippen LogP contribution in [0.1, 0.15) is 39.0 Å². The van der Waals surface area contributed by atoms with E-state index in [0.29, 0.717) is 18.0 Å². The molecule has 0 amide bonds. The number of nitrogens with two attached hydrogens (primary N) is 1. The second-order valence-electron chi connectivity index (χ2n) is 5.10. The molecule has 1 aromatic carbocycles. The fourth-order valence-corrected chi connectivity index (χ4v) is 4.00. The summed E-state index contributed by atoms with van der Waals surface area (Å²) in [7, 11) is -3.59. The topological polar surface area (TPSA) is 81.4 Å². The fraction of sp³-hybridized carbons (Fsp3) is 0.571. The van der Waals surface area contributed by atoms with Crippen molar-refractivity contribution >= 4 is 15.7 Å². The molecule has 1 saturated carbocycles. The van der Waals surface area contributed by atoms with Crippen LogP contribution in [0.5, 0.6) is 5.75 Å². The van der Waals surface area contributed by atoms with E-state index in [2.05, 4.69) is 4.72 Å². The molecule has 0 saturated heterocycles. The molecular weight excluding hydrogens is 276 g/mol. The van der Waals surface area contributed by atoms with Gasteiger partial charge in [-0.25, -0.2) is 13.1 Å². The molecule has 0 heterocycles. The lowest BCUT2D eigenvalue weighted by Gasteiger charge is -2.23. The van der Waals surface area contributed by atoms with E-state index in [1.807, 2.05) is 6.92 Å². The van der Waals surface area contributed by atoms with Crippen LogP contribution in [0.3, 0.4) is 0 Å². The van der Waals surface area contributed by atoms with Crippen LogP contribution in [0.15, 0.2) is 23.1 Å². The average molecular weight is 298 g/mol. The number of benzene rings is 1. The molecule has 1 aromatic rings. The van der Waals surface area contributed by atoms with Crippen molar-refractivity contribution < 1.29 is 13.2 Å². The standard InChI is InChI=1S/C14H22N2O3S/c1-2-19-13-9-8-11(15)10-14(13)20(17,18)16-12-6-4-3-5-7-12/h8-10,12,16H,2-7,15H2,1H3. The molecule has 6 heteroatoms. The van der Waals surface area contributed by atoms with Crippen molar-refractivity contribution in [3.63, 3.8) is 0 Å². The van der Waals surface area contributed by atoms with E-state index in [4.69, 9.17) is 10.5 Å². The summed E-state index contributed by atoms with van der Waals surface area (Å²) in [6.45, 7) is 2.23. The van der Waals surface area contributed by atoms with Crippen molar-refractivity contribution in [2.24, 2.45) is 0 Å². The maximum absolute atomic E-state index is 12.5. The van der Waals surface area contributed by atoms with Crippen LogP contribution in [0.25, 0.3) is 0 Å². The van der Waals surface area contributed by atoms with Gasteiger partial charge in [0.2, 0.25) is 10.0 Å². The van der Waals surface area contributed by atoms with Gasteiger partial charge in [0.25, 0.3) is 0 Å². The second-order valence-corrected chi connectivity index (χ2v) is 6.78. The van der Waals surface area contributed by atoms with Crippen molar-refractivity contribution in [1.82, 2.24) is 4.72 Å². The van der Waals surface area contributed by atoms with Gasteiger partial charge in [0.15, 0.2) is 0 Å². The van der Waals surface area contributed by atoms with Crippen LogP contribution in [-0.4, -0.2) is 21.1 Å². The number of hydrogen-bond donors (Lipinski definition) is 2. The maximum Gasteiger partial charge on any atom is 0.244 e. The van der Waals surface area contributed by atoms with Crippen molar-refractivity contribution in [2.75, 3.05) is 12.3 Å². The third-order valence-electron chi connectivity index (χ3n) is 3.48. The zero-order valence-corrected chi connectivity index (χ0v) is 12.6. The molecule has 1 aliphatic rings. The molecule has 3 N–H and O–H groups in total. The first-order chi connectivity index (χ1) is 9.53. The largest absolute Gasteiger partial charge is 0.492 e. The second kappa shape index (κ2) is 6.45. The van der Waals surface area contributed by atoms with Gasteiger partial charge in [-0.15, -0.1) is 0 Å². The van der Waals surface area contributed by atoms with Crippen molar-refractivity contribution in [2.45, 2.75) is 50.0 Å². The quantitative estimate of drug-likeness (QED) is 0.817. The van der Waals surface area contributed by atoms with E-state index in [1.165, 1.54) is 12.5 Å². The Bertz CT molecular complexity index is 552. The Hall–Kier alpha value is -1.27. The van der Waals surface area contributed by atoms with Crippen LogP contribution in [0.2, 0.25) is 0 Å². The van der Waals surface area contributed by atoms with E-state index < -0.39 is 10.0 Å². The Kier molecular flexibility index (Phi) is 4.88. The van der Waals surface area contributed by atoms with Crippen LogP contribution in [0, 0.1) is 0 Å². The average Bonchev–Trinajstić information content (AvgIpc) is 2.41. The van der Waals surface area contributed by atoms with E-state index in [0.717, 1.165) is 25.7 Å². The fourth-order valence-electron chi connectivity index (χ4n) is 2.51. The highest BCUT2D eigenvalue weighted by molar-refractivity contribution is 7.89. The Morgan fingerprint density at radius 3 is 2.65 bits per heavy atom. The first-order valence-corrected chi connectivity index (χ1v) is 8.56. The van der Waals surface area contributed by atoms with Gasteiger partial charge >= 0.3 is 0 Å². The van der Waals surface area contributed by atoms with E-state index >= 15 is 0 Å².